The van der Waals surface area contributed by atoms with Gasteiger partial charge in [-0.05, 0) is 55.4 Å². The van der Waals surface area contributed by atoms with Crippen LogP contribution >= 0.6 is 7.75 Å². The summed E-state index contributed by atoms with van der Waals surface area (Å²) in [5.41, 5.74) is 0.198. The summed E-state index contributed by atoms with van der Waals surface area (Å²) in [6.07, 6.45) is 0. The molecular formula is C17H19N2O6P. The number of carbonyl (C=O) groups excluding carboxylic acids is 1. The molecule has 2 rings (SSSR count). The van der Waals surface area contributed by atoms with Crippen molar-refractivity contribution in [2.75, 3.05) is 6.61 Å². The number of benzene rings is 2. The highest BCUT2D eigenvalue weighted by Gasteiger charge is 2.33. The number of hydrogen-bond donors (Lipinski definition) is 1. The maximum absolute atomic E-state index is 13.2. The van der Waals surface area contributed by atoms with Gasteiger partial charge in [-0.1, -0.05) is 18.2 Å². The van der Waals surface area contributed by atoms with Gasteiger partial charge in [-0.15, -0.1) is 4.91 Å². The van der Waals surface area contributed by atoms with Gasteiger partial charge in [0.15, 0.2) is 0 Å². The summed E-state index contributed by atoms with van der Waals surface area (Å²) in [5.74, 6) is -0.112. The molecule has 0 heterocycles. The summed E-state index contributed by atoms with van der Waals surface area (Å²) < 4.78 is 29.0. The molecule has 138 valence electrons. The van der Waals surface area contributed by atoms with Crippen molar-refractivity contribution in [1.82, 2.24) is 5.09 Å². The molecule has 8 nitrogen and oxygen atoms in total. The Morgan fingerprint density at radius 2 is 1.65 bits per heavy atom. The van der Waals surface area contributed by atoms with E-state index in [1.807, 2.05) is 0 Å². The standard InChI is InChI=1S/C17H19N2O6P/c1-3-23-17(20)13(2)19-26(22,24-15-7-5-4-6-8-15)25-16-11-9-14(18-21)10-12-16/h4-13H,3H2,1-2H3,(H,19,22)/t13-,26?/m0/s1. The number of hydrogen-bond acceptors (Lipinski definition) is 7. The zero-order chi connectivity index (χ0) is 19.0. The minimum absolute atomic E-state index is 0.181. The number of nitroso groups, excluding NO2 is 1. The number of rotatable bonds is 9. The molecule has 1 N–H and O–H groups in total. The topological polar surface area (TPSA) is 103 Å². The normalized spacial score (nSPS) is 13.9. The van der Waals surface area contributed by atoms with Gasteiger partial charge in [0.05, 0.1) is 6.61 Å². The first-order valence-corrected chi connectivity index (χ1v) is 9.42. The Hall–Kier alpha value is -2.70. The van der Waals surface area contributed by atoms with Gasteiger partial charge in [-0.3, -0.25) is 4.79 Å². The molecule has 2 aromatic rings. The summed E-state index contributed by atoms with van der Waals surface area (Å²) in [6, 6.07) is 13.1. The number of nitrogens with one attached hydrogen (secondary N) is 1. The summed E-state index contributed by atoms with van der Waals surface area (Å²) in [7, 11) is -3.98. The molecule has 0 spiro atoms. The summed E-state index contributed by atoms with van der Waals surface area (Å²) in [6.45, 7) is 3.35. The molecule has 0 fully saturated rings. The predicted octanol–water partition coefficient (Wildman–Crippen LogP) is 4.19. The van der Waals surface area contributed by atoms with Gasteiger partial charge < -0.3 is 13.8 Å². The third-order valence-corrected chi connectivity index (χ3v) is 4.73. The van der Waals surface area contributed by atoms with Gasteiger partial charge in [0, 0.05) is 0 Å². The number of ether oxygens (including phenoxy) is 1. The van der Waals surface area contributed by atoms with Crippen molar-refractivity contribution in [3.63, 3.8) is 0 Å². The molecule has 0 aliphatic carbocycles. The van der Waals surface area contributed by atoms with E-state index in [4.69, 9.17) is 13.8 Å². The quantitative estimate of drug-likeness (QED) is 0.396. The second-order valence-corrected chi connectivity index (χ2v) is 6.80. The van der Waals surface area contributed by atoms with Gasteiger partial charge in [-0.2, -0.15) is 5.09 Å². The molecule has 0 aromatic heterocycles. The van der Waals surface area contributed by atoms with E-state index in [2.05, 4.69) is 10.3 Å². The van der Waals surface area contributed by atoms with E-state index >= 15 is 0 Å². The van der Waals surface area contributed by atoms with Crippen LogP contribution in [0.2, 0.25) is 0 Å². The Labute approximate surface area is 151 Å². The van der Waals surface area contributed by atoms with Crippen molar-refractivity contribution in [3.05, 3.63) is 59.5 Å². The van der Waals surface area contributed by atoms with Crippen LogP contribution in [0.15, 0.2) is 59.8 Å². The average Bonchev–Trinajstić information content (AvgIpc) is 2.63. The summed E-state index contributed by atoms with van der Waals surface area (Å²) >= 11 is 0. The van der Waals surface area contributed by atoms with Crippen LogP contribution in [0.25, 0.3) is 0 Å². The molecule has 0 saturated carbocycles. The van der Waals surface area contributed by atoms with Crippen molar-refractivity contribution < 1.29 is 23.1 Å². The fourth-order valence-electron chi connectivity index (χ4n) is 1.96. The minimum Gasteiger partial charge on any atom is -0.465 e. The molecule has 0 aliphatic heterocycles. The molecule has 2 atom stereocenters. The first kappa shape index (κ1) is 19.6. The van der Waals surface area contributed by atoms with Crippen molar-refractivity contribution in [2.24, 2.45) is 5.18 Å². The highest BCUT2D eigenvalue weighted by molar-refractivity contribution is 7.52. The highest BCUT2D eigenvalue weighted by Crippen LogP contribution is 2.45. The van der Waals surface area contributed by atoms with Gasteiger partial charge in [0.25, 0.3) is 0 Å². The molecule has 0 amide bonds. The second-order valence-electron chi connectivity index (χ2n) is 5.18. The molecule has 0 radical (unpaired) electrons. The van der Waals surface area contributed by atoms with Crippen LogP contribution in [0.3, 0.4) is 0 Å². The second kappa shape index (κ2) is 9.12. The van der Waals surface area contributed by atoms with Gasteiger partial charge in [0.2, 0.25) is 0 Å². The van der Waals surface area contributed by atoms with Crippen LogP contribution in [-0.4, -0.2) is 18.6 Å². The number of nitrogens with zero attached hydrogens (tertiary/aromatic N) is 1. The van der Waals surface area contributed by atoms with Crippen molar-refractivity contribution in [3.8, 4) is 11.5 Å². The first-order chi connectivity index (χ1) is 12.5. The fraction of sp³-hybridized carbons (Fsp3) is 0.235. The Kier molecular flexibility index (Phi) is 6.89. The Morgan fingerprint density at radius 3 is 2.19 bits per heavy atom. The van der Waals surface area contributed by atoms with Crippen molar-refractivity contribution in [2.45, 2.75) is 19.9 Å². The first-order valence-electron chi connectivity index (χ1n) is 7.88. The molecule has 0 saturated heterocycles. The highest BCUT2D eigenvalue weighted by atomic mass is 31.2. The third kappa shape index (κ3) is 5.68. The summed E-state index contributed by atoms with van der Waals surface area (Å²) in [5, 5.41) is 5.34. The lowest BCUT2D eigenvalue weighted by Gasteiger charge is -2.23. The number of para-hydroxylation sites is 1. The van der Waals surface area contributed by atoms with E-state index in [0.717, 1.165) is 0 Å². The number of carbonyl (C=O) groups is 1. The smallest absolute Gasteiger partial charge is 0.465 e. The van der Waals surface area contributed by atoms with Crippen LogP contribution in [0.5, 0.6) is 11.5 Å². The minimum atomic E-state index is -3.98. The Bertz CT molecular complexity index is 782. The van der Waals surface area contributed by atoms with Crippen LogP contribution in [0, 0.1) is 4.91 Å². The molecular weight excluding hydrogens is 359 g/mol. The lowest BCUT2D eigenvalue weighted by atomic mass is 10.3. The maximum atomic E-state index is 13.2. The Morgan fingerprint density at radius 1 is 1.08 bits per heavy atom. The number of esters is 1. The van der Waals surface area contributed by atoms with E-state index in [1.165, 1.54) is 31.2 Å². The van der Waals surface area contributed by atoms with E-state index in [1.54, 1.807) is 37.3 Å². The van der Waals surface area contributed by atoms with E-state index in [-0.39, 0.29) is 18.0 Å². The largest absolute Gasteiger partial charge is 0.513 e. The molecule has 0 aliphatic rings. The van der Waals surface area contributed by atoms with E-state index in [9.17, 15) is 14.3 Å². The molecule has 1 unspecified atom stereocenters. The zero-order valence-electron chi connectivity index (χ0n) is 14.3. The van der Waals surface area contributed by atoms with Crippen LogP contribution in [-0.2, 0) is 14.1 Å². The van der Waals surface area contributed by atoms with Gasteiger partial charge in [-0.25, -0.2) is 4.57 Å². The lowest BCUT2D eigenvalue weighted by Crippen LogP contribution is -2.35. The van der Waals surface area contributed by atoms with Crippen LogP contribution < -0.4 is 14.1 Å². The lowest BCUT2D eigenvalue weighted by molar-refractivity contribution is -0.144. The molecule has 9 heteroatoms. The zero-order valence-corrected chi connectivity index (χ0v) is 15.2. The predicted molar refractivity (Wildman–Crippen MR) is 96.4 cm³/mol. The molecule has 2 aromatic carbocycles. The summed E-state index contributed by atoms with van der Waals surface area (Å²) in [4.78, 5) is 22.3. The van der Waals surface area contributed by atoms with Gasteiger partial charge in [0.1, 0.15) is 23.2 Å². The van der Waals surface area contributed by atoms with Crippen LogP contribution in [0.4, 0.5) is 5.69 Å². The van der Waals surface area contributed by atoms with E-state index in [0.29, 0.717) is 5.75 Å². The third-order valence-electron chi connectivity index (χ3n) is 3.13. The van der Waals surface area contributed by atoms with Crippen molar-refractivity contribution >= 4 is 19.4 Å². The molecule has 0 bridgehead atoms. The maximum Gasteiger partial charge on any atom is 0.513 e. The molecule has 26 heavy (non-hydrogen) atoms. The monoisotopic (exact) mass is 378 g/mol. The van der Waals surface area contributed by atoms with Gasteiger partial charge >= 0.3 is 13.7 Å². The van der Waals surface area contributed by atoms with Crippen LogP contribution in [0.1, 0.15) is 13.8 Å². The fourth-order valence-corrected chi connectivity index (χ4v) is 3.48. The average molecular weight is 378 g/mol. The Balaban J connectivity index is 2.22. The van der Waals surface area contributed by atoms with Crippen molar-refractivity contribution in [1.29, 1.82) is 0 Å². The SMILES string of the molecule is CCOC(=O)[C@H](C)NP(=O)(Oc1ccccc1)Oc1ccc(N=O)cc1. The van der Waals surface area contributed by atoms with E-state index < -0.39 is 19.8 Å².